The maximum atomic E-state index is 10.1. The first-order chi connectivity index (χ1) is 3.72. The number of quaternary nitrogens is 1. The number of rotatable bonds is 0. The van der Waals surface area contributed by atoms with E-state index in [1.54, 1.807) is 0 Å². The summed E-state index contributed by atoms with van der Waals surface area (Å²) in [4.78, 5) is 20.3. The Morgan fingerprint density at radius 2 is 1.62 bits per heavy atom. The molecule has 0 saturated heterocycles. The van der Waals surface area contributed by atoms with Crippen molar-refractivity contribution >= 4 is 11.8 Å². The van der Waals surface area contributed by atoms with Gasteiger partial charge >= 0.3 is 11.8 Å². The average molecular weight is 113 g/mol. The number of carbonyl (C=O) groups is 2. The van der Waals surface area contributed by atoms with Gasteiger partial charge in [-0.2, -0.15) is 0 Å². The van der Waals surface area contributed by atoms with Gasteiger partial charge in [0, 0.05) is 0 Å². The Hall–Kier alpha value is -1.00. The molecule has 0 aromatic carbocycles. The summed E-state index contributed by atoms with van der Waals surface area (Å²) in [7, 11) is 0. The van der Waals surface area contributed by atoms with E-state index in [9.17, 15) is 14.8 Å². The predicted molar refractivity (Wildman–Crippen MR) is 23.5 cm³/mol. The quantitative estimate of drug-likeness (QED) is 0.291. The Kier molecular flexibility index (Phi) is 0.964. The Labute approximate surface area is 45.0 Å². The third-order valence-corrected chi connectivity index (χ3v) is 0.834. The highest BCUT2D eigenvalue weighted by Crippen LogP contribution is 1.75. The Bertz CT molecular complexity index is 154. The van der Waals surface area contributed by atoms with Crippen molar-refractivity contribution in [3.8, 4) is 0 Å². The van der Waals surface area contributed by atoms with Gasteiger partial charge in [-0.25, -0.2) is 14.7 Å². The van der Waals surface area contributed by atoms with E-state index in [0.717, 1.165) is 12.2 Å². The smallest absolute Gasteiger partial charge is 0.344 e. The zero-order valence-corrected chi connectivity index (χ0v) is 3.88. The summed E-state index contributed by atoms with van der Waals surface area (Å²) in [6, 6.07) is 0. The fraction of sp³-hybridized carbons (Fsp3) is 0. The topological polar surface area (TPSA) is 61.6 Å². The van der Waals surface area contributed by atoms with Crippen LogP contribution in [0.3, 0.4) is 0 Å². The fourth-order valence-corrected chi connectivity index (χ4v) is 0.424. The zero-order chi connectivity index (χ0) is 6.15. The largest absolute Gasteiger partial charge is 0.619 e. The number of hydroxylamine groups is 2. The lowest BCUT2D eigenvalue weighted by molar-refractivity contribution is -0.670. The molecule has 0 spiro atoms. The number of imide groups is 1. The molecule has 0 fully saturated rings. The predicted octanol–water partition coefficient (Wildman–Crippen LogP) is -2.01. The molecule has 8 heavy (non-hydrogen) atoms. The first-order valence-corrected chi connectivity index (χ1v) is 2.02. The number of hydrogen-bond donors (Lipinski definition) is 1. The summed E-state index contributed by atoms with van der Waals surface area (Å²) in [5.41, 5.74) is 0. The van der Waals surface area contributed by atoms with Crippen molar-refractivity contribution in [1.29, 1.82) is 0 Å². The number of nitrogens with one attached hydrogen (secondary N) is 1. The summed E-state index contributed by atoms with van der Waals surface area (Å²) < 4.78 is 0. The van der Waals surface area contributed by atoms with Crippen LogP contribution < -0.4 is 5.06 Å². The Balaban J connectivity index is 2.84. The molecule has 0 aromatic rings. The van der Waals surface area contributed by atoms with Crippen molar-refractivity contribution in [1.82, 2.24) is 0 Å². The minimum atomic E-state index is -0.926. The molecule has 0 aliphatic carbocycles. The Morgan fingerprint density at radius 3 is 1.75 bits per heavy atom. The van der Waals surface area contributed by atoms with Gasteiger partial charge in [0.2, 0.25) is 0 Å². The number of hydrogen-bond acceptors (Lipinski definition) is 3. The lowest BCUT2D eigenvalue weighted by Gasteiger charge is -2.06. The molecule has 0 unspecified atom stereocenters. The van der Waals surface area contributed by atoms with Crippen molar-refractivity contribution < 1.29 is 14.7 Å². The molecule has 1 rings (SSSR count). The monoisotopic (exact) mass is 113 g/mol. The number of amides is 2. The van der Waals surface area contributed by atoms with Gasteiger partial charge in [0.1, 0.15) is 0 Å². The second kappa shape index (κ2) is 1.50. The van der Waals surface area contributed by atoms with Crippen LogP contribution in [0.1, 0.15) is 0 Å². The van der Waals surface area contributed by atoms with E-state index in [1.165, 1.54) is 0 Å². The first-order valence-electron chi connectivity index (χ1n) is 2.02. The van der Waals surface area contributed by atoms with Gasteiger partial charge in [0.05, 0.1) is 12.2 Å². The summed E-state index contributed by atoms with van der Waals surface area (Å²) in [5.74, 6) is -1.43. The second-order valence-electron chi connectivity index (χ2n) is 1.39. The lowest BCUT2D eigenvalue weighted by Crippen LogP contribution is -3.10. The molecular formula is C4H3NO3. The average Bonchev–Trinajstić information content (AvgIpc) is 1.98. The van der Waals surface area contributed by atoms with E-state index in [-0.39, 0.29) is 0 Å². The molecule has 0 bridgehead atoms. The summed E-state index contributed by atoms with van der Waals surface area (Å²) in [6.07, 6.45) is 1.95. The minimum absolute atomic E-state index is 0.713. The van der Waals surface area contributed by atoms with E-state index in [1.807, 2.05) is 0 Å². The molecule has 0 aromatic heterocycles. The molecule has 0 saturated carbocycles. The van der Waals surface area contributed by atoms with E-state index in [2.05, 4.69) is 0 Å². The molecule has 1 aliphatic heterocycles. The maximum Gasteiger partial charge on any atom is 0.344 e. The van der Waals surface area contributed by atoms with E-state index in [4.69, 9.17) is 0 Å². The molecule has 0 radical (unpaired) electrons. The molecule has 4 heteroatoms. The second-order valence-corrected chi connectivity index (χ2v) is 1.39. The van der Waals surface area contributed by atoms with Crippen molar-refractivity contribution in [2.45, 2.75) is 0 Å². The van der Waals surface area contributed by atoms with Crippen LogP contribution >= 0.6 is 0 Å². The van der Waals surface area contributed by atoms with Gasteiger partial charge in [0.15, 0.2) is 0 Å². The van der Waals surface area contributed by atoms with Gasteiger partial charge in [-0.15, -0.1) is 0 Å². The fourth-order valence-electron chi connectivity index (χ4n) is 0.424. The third kappa shape index (κ3) is 0.556. The highest BCUT2D eigenvalue weighted by Gasteiger charge is 2.21. The van der Waals surface area contributed by atoms with Crippen LogP contribution in [0.15, 0.2) is 12.2 Å². The van der Waals surface area contributed by atoms with Crippen molar-refractivity contribution in [3.05, 3.63) is 17.4 Å². The van der Waals surface area contributed by atoms with E-state index < -0.39 is 16.9 Å². The Morgan fingerprint density at radius 1 is 1.25 bits per heavy atom. The van der Waals surface area contributed by atoms with Crippen LogP contribution in [0, 0.1) is 5.21 Å². The molecule has 42 valence electrons. The first kappa shape index (κ1) is 5.14. The molecule has 1 N–H and O–H groups in total. The zero-order valence-electron chi connectivity index (χ0n) is 3.88. The SMILES string of the molecule is O=C1C=CC(=O)[NH+]1[O-]. The van der Waals surface area contributed by atoms with Crippen molar-refractivity contribution in [3.63, 3.8) is 0 Å². The molecule has 2 amide bonds. The van der Waals surface area contributed by atoms with Crippen molar-refractivity contribution in [2.75, 3.05) is 0 Å². The summed E-state index contributed by atoms with van der Waals surface area (Å²) in [6.45, 7) is 0. The third-order valence-electron chi connectivity index (χ3n) is 0.834. The van der Waals surface area contributed by atoms with Gasteiger partial charge in [0.25, 0.3) is 0 Å². The van der Waals surface area contributed by atoms with Gasteiger partial charge in [-0.05, 0) is 0 Å². The van der Waals surface area contributed by atoms with Crippen LogP contribution in [0.25, 0.3) is 0 Å². The van der Waals surface area contributed by atoms with Gasteiger partial charge in [-0.3, -0.25) is 0 Å². The minimum Gasteiger partial charge on any atom is -0.619 e. The molecule has 0 atom stereocenters. The van der Waals surface area contributed by atoms with E-state index in [0.29, 0.717) is 0 Å². The lowest BCUT2D eigenvalue weighted by atomic mass is 10.6. The maximum absolute atomic E-state index is 10.1. The molecular weight excluding hydrogens is 110 g/mol. The molecule has 1 heterocycles. The summed E-state index contributed by atoms with van der Waals surface area (Å²) in [5, 5.41) is 9.22. The normalized spacial score (nSPS) is 20.6. The van der Waals surface area contributed by atoms with Gasteiger partial charge < -0.3 is 5.21 Å². The highest BCUT2D eigenvalue weighted by molar-refractivity contribution is 6.01. The van der Waals surface area contributed by atoms with Crippen LogP contribution in [-0.2, 0) is 9.59 Å². The van der Waals surface area contributed by atoms with Crippen LogP contribution in [0.2, 0.25) is 0 Å². The standard InChI is InChI=1S/C4H3NO3/c6-3-1-2-4(7)5(3)8/h1-2,5H. The number of carbonyl (C=O) groups excluding carboxylic acids is 2. The van der Waals surface area contributed by atoms with E-state index >= 15 is 0 Å². The highest BCUT2D eigenvalue weighted by atomic mass is 16.5. The van der Waals surface area contributed by atoms with Gasteiger partial charge in [-0.1, -0.05) is 0 Å². The van der Waals surface area contributed by atoms with Crippen LogP contribution in [-0.4, -0.2) is 11.8 Å². The summed E-state index contributed by atoms with van der Waals surface area (Å²) >= 11 is 0. The van der Waals surface area contributed by atoms with Crippen LogP contribution in [0.5, 0.6) is 0 Å². The van der Waals surface area contributed by atoms with Crippen molar-refractivity contribution in [2.24, 2.45) is 0 Å². The van der Waals surface area contributed by atoms with Crippen LogP contribution in [0.4, 0.5) is 0 Å². The molecule has 4 nitrogen and oxygen atoms in total. The molecule has 1 aliphatic rings.